The van der Waals surface area contributed by atoms with Gasteiger partial charge >= 0.3 is 0 Å². The number of hydrogen-bond donors (Lipinski definition) is 1. The molecule has 1 saturated carbocycles. The van der Waals surface area contributed by atoms with Gasteiger partial charge < -0.3 is 10.2 Å². The number of carbonyl (C=O) groups excluding carboxylic acids is 1. The van der Waals surface area contributed by atoms with E-state index in [2.05, 4.69) is 17.3 Å². The molecule has 0 spiro atoms. The van der Waals surface area contributed by atoms with Crippen molar-refractivity contribution < 1.29 is 4.79 Å². The molecule has 1 aliphatic carbocycles. The molecule has 0 heterocycles. The lowest BCUT2D eigenvalue weighted by Gasteiger charge is -2.31. The Hall–Kier alpha value is -1.35. The number of rotatable bonds is 7. The maximum atomic E-state index is 11.2. The molecule has 1 aromatic rings. The Morgan fingerprint density at radius 1 is 1.19 bits per heavy atom. The average molecular weight is 288 g/mol. The molecule has 0 unspecified atom stereocenters. The van der Waals surface area contributed by atoms with Gasteiger partial charge in [-0.05, 0) is 64.0 Å². The Kier molecular flexibility index (Phi) is 6.24. The van der Waals surface area contributed by atoms with Crippen molar-refractivity contribution in [2.45, 2.75) is 51.5 Å². The first-order valence-electron chi connectivity index (χ1n) is 8.22. The van der Waals surface area contributed by atoms with Crippen LogP contribution in [0.25, 0.3) is 0 Å². The number of hydrogen-bond acceptors (Lipinski definition) is 3. The summed E-state index contributed by atoms with van der Waals surface area (Å²) in [4.78, 5) is 13.7. The molecule has 1 N–H and O–H groups in total. The van der Waals surface area contributed by atoms with E-state index in [4.69, 9.17) is 0 Å². The molecule has 0 bridgehead atoms. The van der Waals surface area contributed by atoms with Crippen molar-refractivity contribution >= 4 is 11.5 Å². The second-order valence-corrected chi connectivity index (χ2v) is 6.19. The van der Waals surface area contributed by atoms with Crippen LogP contribution in [0.15, 0.2) is 24.3 Å². The molecular formula is C18H28N2O. The van der Waals surface area contributed by atoms with Crippen molar-refractivity contribution in [3.8, 4) is 0 Å². The standard InChI is InChI=1S/C18H28N2O/c1-15(21)16-9-11-17(12-10-16)19-13-6-14-20(2)18-7-4-3-5-8-18/h9-12,18-19H,3-8,13-14H2,1-2H3. The summed E-state index contributed by atoms with van der Waals surface area (Å²) < 4.78 is 0. The number of Topliss-reactive ketones (excluding diaryl/α,β-unsaturated/α-hetero) is 1. The summed E-state index contributed by atoms with van der Waals surface area (Å²) in [5.41, 5.74) is 1.87. The first-order valence-corrected chi connectivity index (χ1v) is 8.22. The Morgan fingerprint density at radius 2 is 1.86 bits per heavy atom. The molecule has 3 nitrogen and oxygen atoms in total. The highest BCUT2D eigenvalue weighted by atomic mass is 16.1. The highest BCUT2D eigenvalue weighted by Gasteiger charge is 2.17. The summed E-state index contributed by atoms with van der Waals surface area (Å²) in [5.74, 6) is 0.121. The first kappa shape index (κ1) is 16.0. The van der Waals surface area contributed by atoms with E-state index >= 15 is 0 Å². The quantitative estimate of drug-likeness (QED) is 0.609. The van der Waals surface area contributed by atoms with Gasteiger partial charge in [0.05, 0.1) is 0 Å². The van der Waals surface area contributed by atoms with Crippen LogP contribution in [0, 0.1) is 0 Å². The summed E-state index contributed by atoms with van der Waals surface area (Å²) in [6.45, 7) is 3.74. The molecule has 0 aliphatic heterocycles. The molecule has 3 heteroatoms. The Bertz CT molecular complexity index is 435. The SMILES string of the molecule is CC(=O)c1ccc(NCCCN(C)C2CCCCC2)cc1. The van der Waals surface area contributed by atoms with E-state index in [1.54, 1.807) is 6.92 Å². The van der Waals surface area contributed by atoms with Crippen LogP contribution in [-0.4, -0.2) is 36.9 Å². The molecule has 1 aliphatic rings. The molecule has 116 valence electrons. The van der Waals surface area contributed by atoms with Crippen LogP contribution in [0.3, 0.4) is 0 Å². The lowest BCUT2D eigenvalue weighted by molar-refractivity contribution is 0.101. The second-order valence-electron chi connectivity index (χ2n) is 6.19. The van der Waals surface area contributed by atoms with Crippen molar-refractivity contribution in [2.24, 2.45) is 0 Å². The summed E-state index contributed by atoms with van der Waals surface area (Å²) in [7, 11) is 2.26. The maximum Gasteiger partial charge on any atom is 0.159 e. The molecule has 1 fully saturated rings. The lowest BCUT2D eigenvalue weighted by Crippen LogP contribution is -2.34. The van der Waals surface area contributed by atoms with Crippen LogP contribution >= 0.6 is 0 Å². The van der Waals surface area contributed by atoms with Crippen LogP contribution in [0.5, 0.6) is 0 Å². The van der Waals surface area contributed by atoms with Crippen molar-refractivity contribution in [3.63, 3.8) is 0 Å². The predicted octanol–water partition coefficient (Wildman–Crippen LogP) is 3.96. The Labute approximate surface area is 128 Å². The molecule has 0 saturated heterocycles. The Balaban J connectivity index is 1.65. The zero-order valence-electron chi connectivity index (χ0n) is 13.4. The van der Waals surface area contributed by atoms with Gasteiger partial charge in [0.2, 0.25) is 0 Å². The van der Waals surface area contributed by atoms with Crippen molar-refractivity contribution in [1.29, 1.82) is 0 Å². The maximum absolute atomic E-state index is 11.2. The summed E-state index contributed by atoms with van der Waals surface area (Å²) >= 11 is 0. The number of benzene rings is 1. The monoisotopic (exact) mass is 288 g/mol. The van der Waals surface area contributed by atoms with Gasteiger partial charge in [-0.2, -0.15) is 0 Å². The van der Waals surface area contributed by atoms with E-state index in [0.717, 1.165) is 36.8 Å². The van der Waals surface area contributed by atoms with Crippen LogP contribution in [0.1, 0.15) is 55.8 Å². The van der Waals surface area contributed by atoms with Crippen LogP contribution < -0.4 is 5.32 Å². The fourth-order valence-corrected chi connectivity index (χ4v) is 3.09. The number of nitrogens with zero attached hydrogens (tertiary/aromatic N) is 1. The van der Waals surface area contributed by atoms with E-state index in [1.165, 1.54) is 32.1 Å². The highest BCUT2D eigenvalue weighted by molar-refractivity contribution is 5.94. The smallest absolute Gasteiger partial charge is 0.159 e. The van der Waals surface area contributed by atoms with E-state index < -0.39 is 0 Å². The van der Waals surface area contributed by atoms with E-state index in [-0.39, 0.29) is 5.78 Å². The minimum Gasteiger partial charge on any atom is -0.385 e. The fourth-order valence-electron chi connectivity index (χ4n) is 3.09. The van der Waals surface area contributed by atoms with Gasteiger partial charge in [0.1, 0.15) is 0 Å². The molecule has 1 aromatic carbocycles. The summed E-state index contributed by atoms with van der Waals surface area (Å²) in [6.07, 6.45) is 8.11. The molecule has 0 radical (unpaired) electrons. The molecule has 21 heavy (non-hydrogen) atoms. The summed E-state index contributed by atoms with van der Waals surface area (Å²) in [5, 5.41) is 3.43. The number of anilines is 1. The molecule has 2 rings (SSSR count). The van der Waals surface area contributed by atoms with Gasteiger partial charge in [0.15, 0.2) is 5.78 Å². The molecule has 0 amide bonds. The average Bonchev–Trinajstić information content (AvgIpc) is 2.52. The number of ketones is 1. The van der Waals surface area contributed by atoms with Gasteiger partial charge in [-0.15, -0.1) is 0 Å². The van der Waals surface area contributed by atoms with E-state index in [0.29, 0.717) is 0 Å². The molecule has 0 aromatic heterocycles. The van der Waals surface area contributed by atoms with Gasteiger partial charge in [0, 0.05) is 23.8 Å². The van der Waals surface area contributed by atoms with Crippen LogP contribution in [-0.2, 0) is 0 Å². The van der Waals surface area contributed by atoms with Crippen molar-refractivity contribution in [3.05, 3.63) is 29.8 Å². The fraction of sp³-hybridized carbons (Fsp3) is 0.611. The summed E-state index contributed by atoms with van der Waals surface area (Å²) in [6, 6.07) is 8.55. The molecule has 0 atom stereocenters. The van der Waals surface area contributed by atoms with Gasteiger partial charge in [-0.25, -0.2) is 0 Å². The zero-order valence-corrected chi connectivity index (χ0v) is 13.4. The van der Waals surface area contributed by atoms with Gasteiger partial charge in [0.25, 0.3) is 0 Å². The topological polar surface area (TPSA) is 32.3 Å². The number of nitrogens with one attached hydrogen (secondary N) is 1. The third kappa shape index (κ3) is 5.16. The second kappa shape index (κ2) is 8.18. The largest absolute Gasteiger partial charge is 0.385 e. The van der Waals surface area contributed by atoms with E-state index in [1.807, 2.05) is 24.3 Å². The van der Waals surface area contributed by atoms with E-state index in [9.17, 15) is 4.79 Å². The van der Waals surface area contributed by atoms with Crippen LogP contribution in [0.4, 0.5) is 5.69 Å². The normalized spacial score (nSPS) is 16.1. The minimum absolute atomic E-state index is 0.121. The first-order chi connectivity index (χ1) is 10.2. The van der Waals surface area contributed by atoms with Crippen LogP contribution in [0.2, 0.25) is 0 Å². The van der Waals surface area contributed by atoms with Gasteiger partial charge in [-0.1, -0.05) is 19.3 Å². The third-order valence-corrected chi connectivity index (χ3v) is 4.51. The Morgan fingerprint density at radius 3 is 2.48 bits per heavy atom. The van der Waals surface area contributed by atoms with Crippen molar-refractivity contribution in [2.75, 3.05) is 25.5 Å². The lowest BCUT2D eigenvalue weighted by atomic mass is 9.94. The minimum atomic E-state index is 0.121. The molecular weight excluding hydrogens is 260 g/mol. The third-order valence-electron chi connectivity index (χ3n) is 4.51. The predicted molar refractivity (Wildman–Crippen MR) is 89.1 cm³/mol. The highest BCUT2D eigenvalue weighted by Crippen LogP contribution is 2.21. The van der Waals surface area contributed by atoms with Gasteiger partial charge in [-0.3, -0.25) is 4.79 Å². The van der Waals surface area contributed by atoms with Crippen molar-refractivity contribution in [1.82, 2.24) is 4.90 Å². The number of carbonyl (C=O) groups is 1. The zero-order chi connectivity index (χ0) is 15.1.